The van der Waals surface area contributed by atoms with E-state index in [4.69, 9.17) is 5.73 Å². The molecule has 1 amide bonds. The lowest BCUT2D eigenvalue weighted by Gasteiger charge is -2.00. The quantitative estimate of drug-likeness (QED) is 0.561. The normalized spacial score (nSPS) is 9.62. The highest BCUT2D eigenvalue weighted by Gasteiger charge is 2.01. The Kier molecular flexibility index (Phi) is 3.15. The van der Waals surface area contributed by atoms with Crippen LogP contribution in [0.1, 0.15) is 6.42 Å². The molecule has 0 saturated carbocycles. The Bertz CT molecular complexity index is 346. The molecule has 1 aromatic rings. The lowest BCUT2D eigenvalue weighted by atomic mass is 10.4. The van der Waals surface area contributed by atoms with Gasteiger partial charge in [-0.2, -0.15) is 0 Å². The van der Waals surface area contributed by atoms with Gasteiger partial charge in [0, 0.05) is 25.2 Å². The topological polar surface area (TPSA) is 101 Å². The molecule has 1 rings (SSSR count). The van der Waals surface area contributed by atoms with Crippen molar-refractivity contribution in [1.82, 2.24) is 9.97 Å². The van der Waals surface area contributed by atoms with Crippen LogP contribution in [0.15, 0.2) is 17.1 Å². The third-order valence-corrected chi connectivity index (χ3v) is 1.30. The van der Waals surface area contributed by atoms with Crippen molar-refractivity contribution in [3.05, 3.63) is 22.6 Å². The van der Waals surface area contributed by atoms with E-state index in [0.29, 0.717) is 0 Å². The van der Waals surface area contributed by atoms with E-state index < -0.39 is 0 Å². The molecule has 0 fully saturated rings. The zero-order valence-corrected chi connectivity index (χ0v) is 6.91. The highest BCUT2D eigenvalue weighted by atomic mass is 16.2. The van der Waals surface area contributed by atoms with Crippen LogP contribution in [0.2, 0.25) is 0 Å². The average Bonchev–Trinajstić information content (AvgIpc) is 2.04. The van der Waals surface area contributed by atoms with Gasteiger partial charge >= 0.3 is 0 Å². The molecule has 0 saturated heterocycles. The first-order valence-electron chi connectivity index (χ1n) is 3.77. The fourth-order valence-electron chi connectivity index (χ4n) is 0.759. The van der Waals surface area contributed by atoms with Crippen molar-refractivity contribution in [2.24, 2.45) is 5.73 Å². The van der Waals surface area contributed by atoms with Crippen molar-refractivity contribution in [2.45, 2.75) is 6.42 Å². The van der Waals surface area contributed by atoms with Gasteiger partial charge in [0.1, 0.15) is 0 Å². The fraction of sp³-hybridized carbons (Fsp3) is 0.286. The molecule has 6 nitrogen and oxygen atoms in total. The number of nitrogens with one attached hydrogen (secondary N) is 2. The summed E-state index contributed by atoms with van der Waals surface area (Å²) in [6.07, 6.45) is 1.52. The van der Waals surface area contributed by atoms with Gasteiger partial charge in [-0.15, -0.1) is 0 Å². The Morgan fingerprint density at radius 3 is 3.08 bits per heavy atom. The molecule has 0 aliphatic carbocycles. The molecule has 13 heavy (non-hydrogen) atoms. The summed E-state index contributed by atoms with van der Waals surface area (Å²) in [5.41, 5.74) is 4.85. The lowest BCUT2D eigenvalue weighted by molar-refractivity contribution is -0.116. The second kappa shape index (κ2) is 4.36. The number of anilines is 1. The van der Waals surface area contributed by atoms with Gasteiger partial charge in [-0.1, -0.05) is 0 Å². The van der Waals surface area contributed by atoms with Gasteiger partial charge in [-0.05, 0) is 0 Å². The first-order valence-corrected chi connectivity index (χ1v) is 3.77. The molecule has 0 unspecified atom stereocenters. The number of aromatic nitrogens is 2. The van der Waals surface area contributed by atoms with Crippen molar-refractivity contribution >= 4 is 11.9 Å². The van der Waals surface area contributed by atoms with Gasteiger partial charge in [0.2, 0.25) is 11.9 Å². The van der Waals surface area contributed by atoms with Crippen LogP contribution in [0.3, 0.4) is 0 Å². The SMILES string of the molecule is NCCC(=O)Nc1nccc(=O)[nH]1. The largest absolute Gasteiger partial charge is 0.330 e. The summed E-state index contributed by atoms with van der Waals surface area (Å²) >= 11 is 0. The third-order valence-electron chi connectivity index (χ3n) is 1.30. The van der Waals surface area contributed by atoms with Gasteiger partial charge in [0.05, 0.1) is 0 Å². The van der Waals surface area contributed by atoms with E-state index in [1.54, 1.807) is 0 Å². The zero-order valence-electron chi connectivity index (χ0n) is 6.91. The van der Waals surface area contributed by atoms with E-state index in [1.165, 1.54) is 12.3 Å². The number of carbonyl (C=O) groups excluding carboxylic acids is 1. The lowest BCUT2D eigenvalue weighted by Crippen LogP contribution is -2.19. The molecule has 0 aliphatic rings. The number of nitrogens with two attached hydrogens (primary N) is 1. The first-order chi connectivity index (χ1) is 6.22. The van der Waals surface area contributed by atoms with Crippen LogP contribution in [0.5, 0.6) is 0 Å². The van der Waals surface area contributed by atoms with E-state index in [9.17, 15) is 9.59 Å². The Balaban J connectivity index is 2.64. The molecule has 4 N–H and O–H groups in total. The maximum absolute atomic E-state index is 11.0. The van der Waals surface area contributed by atoms with Gasteiger partial charge in [-0.25, -0.2) is 4.98 Å². The molecule has 1 aromatic heterocycles. The molecular weight excluding hydrogens is 172 g/mol. The number of carbonyl (C=O) groups is 1. The van der Waals surface area contributed by atoms with E-state index >= 15 is 0 Å². The van der Waals surface area contributed by atoms with Crippen LogP contribution in [-0.2, 0) is 4.79 Å². The van der Waals surface area contributed by atoms with Crippen LogP contribution in [0.25, 0.3) is 0 Å². The highest BCUT2D eigenvalue weighted by Crippen LogP contribution is 1.91. The van der Waals surface area contributed by atoms with Gasteiger partial charge < -0.3 is 5.73 Å². The minimum atomic E-state index is -0.307. The summed E-state index contributed by atoms with van der Waals surface area (Å²) in [5.74, 6) is -0.122. The summed E-state index contributed by atoms with van der Waals surface area (Å²) in [4.78, 5) is 27.8. The van der Waals surface area contributed by atoms with Crippen molar-refractivity contribution in [3.8, 4) is 0 Å². The minimum absolute atomic E-state index is 0.144. The smallest absolute Gasteiger partial charge is 0.252 e. The fourth-order valence-corrected chi connectivity index (χ4v) is 0.759. The standard InChI is InChI=1S/C7H10N4O2/c8-3-1-5(12)10-7-9-4-2-6(13)11-7/h2,4H,1,3,8H2,(H2,9,10,11,12,13). The molecule has 6 heteroatoms. The molecule has 70 valence electrons. The average molecular weight is 182 g/mol. The van der Waals surface area contributed by atoms with Gasteiger partial charge in [0.15, 0.2) is 0 Å². The number of rotatable bonds is 3. The predicted octanol–water partition coefficient (Wildman–Crippen LogP) is -0.943. The molecule has 0 bridgehead atoms. The van der Waals surface area contributed by atoms with Crippen LogP contribution < -0.4 is 16.6 Å². The number of hydrogen-bond donors (Lipinski definition) is 3. The maximum Gasteiger partial charge on any atom is 0.252 e. The second-order valence-electron chi connectivity index (χ2n) is 2.37. The van der Waals surface area contributed by atoms with Gasteiger partial charge in [-0.3, -0.25) is 19.9 Å². The summed E-state index contributed by atoms with van der Waals surface area (Å²) in [6, 6.07) is 1.26. The van der Waals surface area contributed by atoms with Crippen molar-refractivity contribution in [3.63, 3.8) is 0 Å². The number of aromatic amines is 1. The number of amides is 1. The Hall–Kier alpha value is -1.69. The van der Waals surface area contributed by atoms with Crippen LogP contribution in [0.4, 0.5) is 5.95 Å². The Morgan fingerprint density at radius 2 is 2.46 bits per heavy atom. The first kappa shape index (κ1) is 9.40. The van der Waals surface area contributed by atoms with Crippen LogP contribution in [0, 0.1) is 0 Å². The van der Waals surface area contributed by atoms with Crippen LogP contribution in [-0.4, -0.2) is 22.4 Å². The van der Waals surface area contributed by atoms with E-state index in [2.05, 4.69) is 15.3 Å². The Morgan fingerprint density at radius 1 is 1.69 bits per heavy atom. The van der Waals surface area contributed by atoms with E-state index in [1.807, 2.05) is 0 Å². The third kappa shape index (κ3) is 3.04. The molecule has 0 atom stereocenters. The van der Waals surface area contributed by atoms with E-state index in [-0.39, 0.29) is 30.4 Å². The Labute approximate surface area is 74.2 Å². The van der Waals surface area contributed by atoms with Gasteiger partial charge in [0.25, 0.3) is 5.56 Å². The van der Waals surface area contributed by atoms with Crippen molar-refractivity contribution < 1.29 is 4.79 Å². The second-order valence-corrected chi connectivity index (χ2v) is 2.37. The zero-order chi connectivity index (χ0) is 9.68. The number of hydrogen-bond acceptors (Lipinski definition) is 4. The van der Waals surface area contributed by atoms with Crippen molar-refractivity contribution in [2.75, 3.05) is 11.9 Å². The molecule has 0 spiro atoms. The molecule has 0 aromatic carbocycles. The summed E-state index contributed by atoms with van der Waals surface area (Å²) in [7, 11) is 0. The molecule has 0 aliphatic heterocycles. The minimum Gasteiger partial charge on any atom is -0.330 e. The molecule has 0 radical (unpaired) electrons. The maximum atomic E-state index is 11.0. The summed E-state index contributed by atoms with van der Waals surface area (Å²) < 4.78 is 0. The number of H-pyrrole nitrogens is 1. The summed E-state index contributed by atoms with van der Waals surface area (Å²) in [5, 5.41) is 2.40. The predicted molar refractivity (Wildman–Crippen MR) is 47.2 cm³/mol. The molecule has 1 heterocycles. The highest BCUT2D eigenvalue weighted by molar-refractivity contribution is 5.88. The van der Waals surface area contributed by atoms with E-state index in [0.717, 1.165) is 0 Å². The van der Waals surface area contributed by atoms with Crippen LogP contribution >= 0.6 is 0 Å². The monoisotopic (exact) mass is 182 g/mol. The van der Waals surface area contributed by atoms with Crippen molar-refractivity contribution in [1.29, 1.82) is 0 Å². The number of nitrogens with zero attached hydrogens (tertiary/aromatic N) is 1. The summed E-state index contributed by atoms with van der Waals surface area (Å²) in [6.45, 7) is 0.267. The molecular formula is C7H10N4O2.